The summed E-state index contributed by atoms with van der Waals surface area (Å²) in [7, 11) is 0. The minimum Gasteiger partial charge on any atom is -0.389 e. The topological polar surface area (TPSA) is 20.2 Å². The van der Waals surface area contributed by atoms with Crippen molar-refractivity contribution in [2.45, 2.75) is 37.7 Å². The molecule has 86 valence electrons. The number of benzene rings is 1. The SMILES string of the molecule is OC1(Cc2cccc(F)c2)C2CCCCC21. The quantitative estimate of drug-likeness (QED) is 0.812. The monoisotopic (exact) mass is 220 g/mol. The van der Waals surface area contributed by atoms with Gasteiger partial charge in [0.15, 0.2) is 0 Å². The second-order valence-electron chi connectivity index (χ2n) is 5.30. The second kappa shape index (κ2) is 3.56. The maximum Gasteiger partial charge on any atom is 0.123 e. The van der Waals surface area contributed by atoms with Crippen molar-refractivity contribution in [3.05, 3.63) is 35.6 Å². The van der Waals surface area contributed by atoms with E-state index in [4.69, 9.17) is 0 Å². The van der Waals surface area contributed by atoms with Crippen molar-refractivity contribution in [3.63, 3.8) is 0 Å². The lowest BCUT2D eigenvalue weighted by Crippen LogP contribution is -2.16. The molecule has 2 atom stereocenters. The molecule has 2 fully saturated rings. The third kappa shape index (κ3) is 1.56. The van der Waals surface area contributed by atoms with Crippen LogP contribution in [0.5, 0.6) is 0 Å². The van der Waals surface area contributed by atoms with Crippen molar-refractivity contribution in [1.29, 1.82) is 0 Å². The highest BCUT2D eigenvalue weighted by atomic mass is 19.1. The van der Waals surface area contributed by atoms with Gasteiger partial charge in [-0.1, -0.05) is 25.0 Å². The first kappa shape index (κ1) is 10.3. The highest BCUT2D eigenvalue weighted by Crippen LogP contribution is 2.59. The molecule has 0 bridgehead atoms. The first-order valence-electron chi connectivity index (χ1n) is 6.17. The minimum absolute atomic E-state index is 0.204. The van der Waals surface area contributed by atoms with Crippen LogP contribution in [0.25, 0.3) is 0 Å². The predicted octanol–water partition coefficient (Wildman–Crippen LogP) is 2.92. The Morgan fingerprint density at radius 1 is 1.25 bits per heavy atom. The lowest BCUT2D eigenvalue weighted by Gasteiger charge is -2.10. The Labute approximate surface area is 95.3 Å². The van der Waals surface area contributed by atoms with E-state index in [1.54, 1.807) is 12.1 Å². The molecule has 0 saturated heterocycles. The summed E-state index contributed by atoms with van der Waals surface area (Å²) in [6.45, 7) is 0. The van der Waals surface area contributed by atoms with Crippen LogP contribution < -0.4 is 0 Å². The first-order chi connectivity index (χ1) is 7.70. The smallest absolute Gasteiger partial charge is 0.123 e. The van der Waals surface area contributed by atoms with Crippen molar-refractivity contribution in [2.24, 2.45) is 11.8 Å². The van der Waals surface area contributed by atoms with Crippen LogP contribution in [0.4, 0.5) is 4.39 Å². The van der Waals surface area contributed by atoms with Gasteiger partial charge in [-0.05, 0) is 42.4 Å². The van der Waals surface area contributed by atoms with E-state index >= 15 is 0 Å². The number of fused-ring (bicyclic) bond motifs is 1. The third-order valence-electron chi connectivity index (χ3n) is 4.32. The normalized spacial score (nSPS) is 36.9. The Morgan fingerprint density at radius 3 is 2.56 bits per heavy atom. The van der Waals surface area contributed by atoms with Gasteiger partial charge in [-0.2, -0.15) is 0 Å². The van der Waals surface area contributed by atoms with Crippen LogP contribution in [0.1, 0.15) is 31.2 Å². The van der Waals surface area contributed by atoms with Crippen molar-refractivity contribution < 1.29 is 9.50 Å². The molecule has 2 aliphatic rings. The van der Waals surface area contributed by atoms with Crippen LogP contribution in [0.3, 0.4) is 0 Å². The largest absolute Gasteiger partial charge is 0.389 e. The van der Waals surface area contributed by atoms with E-state index in [9.17, 15) is 9.50 Å². The van der Waals surface area contributed by atoms with Crippen LogP contribution in [-0.4, -0.2) is 10.7 Å². The highest BCUT2D eigenvalue weighted by molar-refractivity contribution is 5.24. The van der Waals surface area contributed by atoms with Gasteiger partial charge in [-0.15, -0.1) is 0 Å². The van der Waals surface area contributed by atoms with E-state index in [-0.39, 0.29) is 5.82 Å². The molecular weight excluding hydrogens is 203 g/mol. The third-order valence-corrected chi connectivity index (χ3v) is 4.32. The molecule has 2 heteroatoms. The lowest BCUT2D eigenvalue weighted by atomic mass is 10.0. The number of hydrogen-bond acceptors (Lipinski definition) is 1. The zero-order valence-corrected chi connectivity index (χ0v) is 9.32. The zero-order valence-electron chi connectivity index (χ0n) is 9.32. The summed E-state index contributed by atoms with van der Waals surface area (Å²) in [6.07, 6.45) is 5.41. The fourth-order valence-corrected chi connectivity index (χ4v) is 3.45. The summed E-state index contributed by atoms with van der Waals surface area (Å²) in [5.41, 5.74) is 0.404. The molecule has 2 aliphatic carbocycles. The molecule has 1 N–H and O–H groups in total. The van der Waals surface area contributed by atoms with Gasteiger partial charge in [-0.3, -0.25) is 0 Å². The van der Waals surface area contributed by atoms with Gasteiger partial charge in [0.05, 0.1) is 5.60 Å². The molecule has 1 aromatic rings. The Balaban J connectivity index is 1.76. The molecule has 16 heavy (non-hydrogen) atoms. The molecule has 0 amide bonds. The fourth-order valence-electron chi connectivity index (χ4n) is 3.45. The minimum atomic E-state index is -0.524. The van der Waals surface area contributed by atoms with Gasteiger partial charge in [0.2, 0.25) is 0 Å². The fraction of sp³-hybridized carbons (Fsp3) is 0.571. The summed E-state index contributed by atoms with van der Waals surface area (Å²) in [5, 5.41) is 10.5. The zero-order chi connectivity index (χ0) is 11.2. The summed E-state index contributed by atoms with van der Waals surface area (Å²) in [4.78, 5) is 0. The maximum absolute atomic E-state index is 13.1. The molecule has 3 rings (SSSR count). The van der Waals surface area contributed by atoms with Gasteiger partial charge in [0.25, 0.3) is 0 Å². The lowest BCUT2D eigenvalue weighted by molar-refractivity contribution is 0.118. The van der Waals surface area contributed by atoms with Gasteiger partial charge in [0.1, 0.15) is 5.82 Å². The van der Waals surface area contributed by atoms with E-state index < -0.39 is 5.60 Å². The summed E-state index contributed by atoms with van der Waals surface area (Å²) >= 11 is 0. The Bertz CT molecular complexity index is 389. The van der Waals surface area contributed by atoms with Crippen molar-refractivity contribution >= 4 is 0 Å². The maximum atomic E-state index is 13.1. The highest BCUT2D eigenvalue weighted by Gasteiger charge is 2.63. The Hall–Kier alpha value is -0.890. The summed E-state index contributed by atoms with van der Waals surface area (Å²) in [5.74, 6) is 0.749. The van der Waals surface area contributed by atoms with Crippen LogP contribution in [-0.2, 0) is 6.42 Å². The number of hydrogen-bond donors (Lipinski definition) is 1. The van der Waals surface area contributed by atoms with Gasteiger partial charge in [-0.25, -0.2) is 4.39 Å². The first-order valence-corrected chi connectivity index (χ1v) is 6.17. The van der Waals surface area contributed by atoms with Gasteiger partial charge in [0, 0.05) is 6.42 Å². The molecule has 2 unspecified atom stereocenters. The molecular formula is C14H17FO. The molecule has 1 nitrogen and oxygen atoms in total. The predicted molar refractivity (Wildman–Crippen MR) is 60.5 cm³/mol. The van der Waals surface area contributed by atoms with E-state index in [0.29, 0.717) is 18.3 Å². The summed E-state index contributed by atoms with van der Waals surface area (Å²) < 4.78 is 13.1. The Morgan fingerprint density at radius 2 is 1.94 bits per heavy atom. The van der Waals surface area contributed by atoms with Crippen molar-refractivity contribution in [3.8, 4) is 0 Å². The molecule has 0 aromatic heterocycles. The number of aliphatic hydroxyl groups is 1. The van der Waals surface area contributed by atoms with Crippen LogP contribution >= 0.6 is 0 Å². The molecule has 0 radical (unpaired) electrons. The van der Waals surface area contributed by atoms with E-state index in [0.717, 1.165) is 18.4 Å². The summed E-state index contributed by atoms with van der Waals surface area (Å²) in [6, 6.07) is 6.63. The van der Waals surface area contributed by atoms with E-state index in [2.05, 4.69) is 0 Å². The van der Waals surface area contributed by atoms with Crippen molar-refractivity contribution in [1.82, 2.24) is 0 Å². The van der Waals surface area contributed by atoms with Gasteiger partial charge >= 0.3 is 0 Å². The standard InChI is InChI=1S/C14H17FO/c15-11-5-3-4-10(8-11)9-14(16)12-6-1-2-7-13(12)14/h3-5,8,12-13,16H,1-2,6-7,9H2. The van der Waals surface area contributed by atoms with Crippen LogP contribution in [0, 0.1) is 17.7 Å². The second-order valence-corrected chi connectivity index (χ2v) is 5.30. The Kier molecular flexibility index (Phi) is 2.28. The van der Waals surface area contributed by atoms with Gasteiger partial charge < -0.3 is 5.11 Å². The molecule has 0 spiro atoms. The molecule has 0 aliphatic heterocycles. The van der Waals surface area contributed by atoms with E-state index in [1.165, 1.54) is 18.9 Å². The van der Waals surface area contributed by atoms with Crippen molar-refractivity contribution in [2.75, 3.05) is 0 Å². The average molecular weight is 220 g/mol. The molecule has 2 saturated carbocycles. The van der Waals surface area contributed by atoms with Crippen LogP contribution in [0.15, 0.2) is 24.3 Å². The number of rotatable bonds is 2. The number of halogens is 1. The van der Waals surface area contributed by atoms with E-state index in [1.807, 2.05) is 6.07 Å². The van der Waals surface area contributed by atoms with Crippen LogP contribution in [0.2, 0.25) is 0 Å². The molecule has 0 heterocycles. The molecule has 1 aromatic carbocycles. The average Bonchev–Trinajstić information content (AvgIpc) is 2.85.